The molecule has 0 unspecified atom stereocenters. The van der Waals surface area contributed by atoms with Gasteiger partial charge in [-0.15, -0.1) is 0 Å². The minimum absolute atomic E-state index is 0.0902. The molecule has 0 aliphatic carbocycles. The van der Waals surface area contributed by atoms with E-state index in [0.717, 1.165) is 11.1 Å². The van der Waals surface area contributed by atoms with Gasteiger partial charge in [-0.25, -0.2) is 0 Å². The molecule has 0 bridgehead atoms. The van der Waals surface area contributed by atoms with Crippen LogP contribution in [0.3, 0.4) is 0 Å². The average molecular weight is 318 g/mol. The summed E-state index contributed by atoms with van der Waals surface area (Å²) in [5.74, 6) is -0.126. The summed E-state index contributed by atoms with van der Waals surface area (Å²) in [5, 5.41) is 3.63. The van der Waals surface area contributed by atoms with Crippen LogP contribution < -0.4 is 5.32 Å². The van der Waals surface area contributed by atoms with E-state index in [9.17, 15) is 4.79 Å². The molecule has 0 aliphatic heterocycles. The van der Waals surface area contributed by atoms with Gasteiger partial charge in [-0.3, -0.25) is 4.79 Å². The highest BCUT2D eigenvalue weighted by molar-refractivity contribution is 6.30. The van der Waals surface area contributed by atoms with Crippen LogP contribution in [0.4, 0.5) is 0 Å². The van der Waals surface area contributed by atoms with E-state index in [1.165, 1.54) is 0 Å². The minimum Gasteiger partial charge on any atom is -0.364 e. The van der Waals surface area contributed by atoms with Crippen LogP contribution in [-0.4, -0.2) is 12.0 Å². The SMILES string of the molecule is C[C@H](OCc1ccccc1)C(=O)N[C@H](C)c1ccc(Cl)cc1. The number of carbonyl (C=O) groups is 1. The topological polar surface area (TPSA) is 38.3 Å². The highest BCUT2D eigenvalue weighted by Gasteiger charge is 2.16. The maximum atomic E-state index is 12.2. The number of ether oxygens (including phenoxy) is 1. The first-order valence-electron chi connectivity index (χ1n) is 7.27. The van der Waals surface area contributed by atoms with Gasteiger partial charge in [-0.2, -0.15) is 0 Å². The zero-order valence-corrected chi connectivity index (χ0v) is 13.5. The third kappa shape index (κ3) is 4.86. The molecule has 0 saturated heterocycles. The summed E-state index contributed by atoms with van der Waals surface area (Å²) < 4.78 is 5.61. The Labute approximate surface area is 136 Å². The Kier molecular flexibility index (Phi) is 5.99. The molecule has 2 aromatic carbocycles. The van der Waals surface area contributed by atoms with E-state index < -0.39 is 6.10 Å². The summed E-state index contributed by atoms with van der Waals surface area (Å²) in [4.78, 5) is 12.2. The number of carbonyl (C=O) groups excluding carboxylic acids is 1. The van der Waals surface area contributed by atoms with Crippen LogP contribution in [0.5, 0.6) is 0 Å². The first-order valence-corrected chi connectivity index (χ1v) is 7.65. The summed E-state index contributed by atoms with van der Waals surface area (Å²) in [6, 6.07) is 17.1. The van der Waals surface area contributed by atoms with Crippen molar-refractivity contribution in [3.63, 3.8) is 0 Å². The number of benzene rings is 2. The molecule has 2 aromatic rings. The van der Waals surface area contributed by atoms with Crippen LogP contribution in [0.15, 0.2) is 54.6 Å². The smallest absolute Gasteiger partial charge is 0.249 e. The minimum atomic E-state index is -0.505. The molecule has 0 fully saturated rings. The monoisotopic (exact) mass is 317 g/mol. The lowest BCUT2D eigenvalue weighted by atomic mass is 10.1. The summed E-state index contributed by atoms with van der Waals surface area (Å²) in [6.07, 6.45) is -0.505. The predicted octanol–water partition coefficient (Wildman–Crippen LogP) is 4.12. The molecular formula is C18H20ClNO2. The van der Waals surface area contributed by atoms with Gasteiger partial charge < -0.3 is 10.1 Å². The molecule has 1 amide bonds. The molecule has 0 heterocycles. The van der Waals surface area contributed by atoms with E-state index in [2.05, 4.69) is 5.32 Å². The third-order valence-electron chi connectivity index (χ3n) is 3.44. The van der Waals surface area contributed by atoms with Crippen LogP contribution in [0.1, 0.15) is 31.0 Å². The molecule has 3 nitrogen and oxygen atoms in total. The Morgan fingerprint density at radius 3 is 2.36 bits per heavy atom. The summed E-state index contributed by atoms with van der Waals surface area (Å²) in [5.41, 5.74) is 2.06. The van der Waals surface area contributed by atoms with Gasteiger partial charge in [-0.05, 0) is 37.1 Å². The van der Waals surface area contributed by atoms with Crippen molar-refractivity contribution in [1.29, 1.82) is 0 Å². The molecule has 22 heavy (non-hydrogen) atoms. The fraction of sp³-hybridized carbons (Fsp3) is 0.278. The van der Waals surface area contributed by atoms with Crippen LogP contribution >= 0.6 is 11.6 Å². The lowest BCUT2D eigenvalue weighted by Crippen LogP contribution is -2.36. The zero-order valence-electron chi connectivity index (χ0n) is 12.8. The molecule has 1 N–H and O–H groups in total. The number of rotatable bonds is 6. The lowest BCUT2D eigenvalue weighted by Gasteiger charge is -2.18. The van der Waals surface area contributed by atoms with E-state index in [-0.39, 0.29) is 11.9 Å². The molecule has 0 spiro atoms. The van der Waals surface area contributed by atoms with Crippen molar-refractivity contribution in [2.75, 3.05) is 0 Å². The van der Waals surface area contributed by atoms with Gasteiger partial charge in [0.25, 0.3) is 0 Å². The second-order valence-corrected chi connectivity index (χ2v) is 5.66. The predicted molar refractivity (Wildman–Crippen MR) is 88.7 cm³/mol. The number of nitrogens with one attached hydrogen (secondary N) is 1. The molecular weight excluding hydrogens is 298 g/mol. The van der Waals surface area contributed by atoms with Crippen molar-refractivity contribution in [3.05, 3.63) is 70.7 Å². The fourth-order valence-corrected chi connectivity index (χ4v) is 2.16. The number of hydrogen-bond donors (Lipinski definition) is 1. The molecule has 116 valence electrons. The Bertz CT molecular complexity index is 598. The second kappa shape index (κ2) is 7.97. The lowest BCUT2D eigenvalue weighted by molar-refractivity contribution is -0.133. The average Bonchev–Trinajstić information content (AvgIpc) is 2.54. The van der Waals surface area contributed by atoms with Crippen molar-refractivity contribution in [2.24, 2.45) is 0 Å². The molecule has 4 heteroatoms. The van der Waals surface area contributed by atoms with Crippen molar-refractivity contribution in [3.8, 4) is 0 Å². The van der Waals surface area contributed by atoms with Crippen molar-refractivity contribution in [2.45, 2.75) is 32.6 Å². The van der Waals surface area contributed by atoms with E-state index in [0.29, 0.717) is 11.6 Å². The Hall–Kier alpha value is -1.84. The van der Waals surface area contributed by atoms with Crippen molar-refractivity contribution in [1.82, 2.24) is 5.32 Å². The number of halogens is 1. The van der Waals surface area contributed by atoms with Crippen LogP contribution in [0.25, 0.3) is 0 Å². The number of hydrogen-bond acceptors (Lipinski definition) is 2. The van der Waals surface area contributed by atoms with Gasteiger partial charge in [0.15, 0.2) is 0 Å². The van der Waals surface area contributed by atoms with E-state index in [1.807, 2.05) is 61.5 Å². The summed E-state index contributed by atoms with van der Waals surface area (Å²) in [7, 11) is 0. The summed E-state index contributed by atoms with van der Waals surface area (Å²) in [6.45, 7) is 4.11. The summed E-state index contributed by atoms with van der Waals surface area (Å²) >= 11 is 5.86. The Balaban J connectivity index is 1.84. The fourth-order valence-electron chi connectivity index (χ4n) is 2.04. The molecule has 0 saturated carbocycles. The first kappa shape index (κ1) is 16.5. The highest BCUT2D eigenvalue weighted by atomic mass is 35.5. The Morgan fingerprint density at radius 1 is 1.09 bits per heavy atom. The molecule has 0 aromatic heterocycles. The largest absolute Gasteiger partial charge is 0.364 e. The van der Waals surface area contributed by atoms with Crippen LogP contribution in [-0.2, 0) is 16.1 Å². The van der Waals surface area contributed by atoms with Gasteiger partial charge in [0.2, 0.25) is 5.91 Å². The van der Waals surface area contributed by atoms with Crippen LogP contribution in [0, 0.1) is 0 Å². The van der Waals surface area contributed by atoms with Gasteiger partial charge in [0.1, 0.15) is 6.10 Å². The zero-order chi connectivity index (χ0) is 15.9. The Morgan fingerprint density at radius 2 is 1.73 bits per heavy atom. The molecule has 2 rings (SSSR count). The normalized spacial score (nSPS) is 13.4. The third-order valence-corrected chi connectivity index (χ3v) is 3.69. The van der Waals surface area contributed by atoms with Crippen molar-refractivity contribution >= 4 is 17.5 Å². The molecule has 2 atom stereocenters. The van der Waals surface area contributed by atoms with Gasteiger partial charge in [0, 0.05) is 5.02 Å². The number of amides is 1. The highest BCUT2D eigenvalue weighted by Crippen LogP contribution is 2.16. The molecule has 0 radical (unpaired) electrons. The first-order chi connectivity index (χ1) is 10.6. The quantitative estimate of drug-likeness (QED) is 0.870. The standard InChI is InChI=1S/C18H20ClNO2/c1-13(16-8-10-17(19)11-9-16)20-18(21)14(2)22-12-15-6-4-3-5-7-15/h3-11,13-14H,12H2,1-2H3,(H,20,21)/t13-,14+/m1/s1. The van der Waals surface area contributed by atoms with E-state index >= 15 is 0 Å². The molecule has 0 aliphatic rings. The van der Waals surface area contributed by atoms with Gasteiger partial charge in [-0.1, -0.05) is 54.1 Å². The van der Waals surface area contributed by atoms with E-state index in [1.54, 1.807) is 6.92 Å². The maximum Gasteiger partial charge on any atom is 0.249 e. The van der Waals surface area contributed by atoms with Crippen molar-refractivity contribution < 1.29 is 9.53 Å². The van der Waals surface area contributed by atoms with Gasteiger partial charge >= 0.3 is 0 Å². The maximum absolute atomic E-state index is 12.2. The van der Waals surface area contributed by atoms with Gasteiger partial charge in [0.05, 0.1) is 12.6 Å². The van der Waals surface area contributed by atoms with E-state index in [4.69, 9.17) is 16.3 Å². The van der Waals surface area contributed by atoms with Crippen LogP contribution in [0.2, 0.25) is 5.02 Å². The second-order valence-electron chi connectivity index (χ2n) is 5.22.